The number of cyclic esters (lactones) is 1. The van der Waals surface area contributed by atoms with Gasteiger partial charge >= 0.3 is 12.1 Å². The number of amides is 3. The molecule has 0 unspecified atom stereocenters. The van der Waals surface area contributed by atoms with Crippen molar-refractivity contribution < 1.29 is 14.3 Å². The monoisotopic (exact) mass is 241 g/mol. The van der Waals surface area contributed by atoms with E-state index in [1.165, 1.54) is 0 Å². The average Bonchev–Trinajstić information content (AvgIpc) is 2.57. The van der Waals surface area contributed by atoms with Crippen LogP contribution in [0, 0.1) is 0 Å². The Kier molecular flexibility index (Phi) is 2.89. The minimum Gasteiger partial charge on any atom is -0.447 e. The molecule has 0 aromatic carbocycles. The van der Waals surface area contributed by atoms with Gasteiger partial charge in [0.05, 0.1) is 6.04 Å². The Morgan fingerprint density at radius 2 is 2.12 bits per heavy atom. The molecule has 2 aliphatic rings. The van der Waals surface area contributed by atoms with Crippen LogP contribution in [0.15, 0.2) is 0 Å². The van der Waals surface area contributed by atoms with Crippen LogP contribution in [0.25, 0.3) is 0 Å². The standard InChI is InChI=1S/C11H19N3O3/c1-11(2,3)12-9(15)13-4-5-14-8(6-13)7-17-10(14)16/h8H,4-7H2,1-3H3,(H,12,15)/t8-/m1/s1. The lowest BCUT2D eigenvalue weighted by molar-refractivity contribution is 0.124. The predicted molar refractivity (Wildman–Crippen MR) is 61.7 cm³/mol. The molecular formula is C11H19N3O3. The molecule has 0 aliphatic carbocycles. The van der Waals surface area contributed by atoms with Crippen LogP contribution in [0.3, 0.4) is 0 Å². The van der Waals surface area contributed by atoms with Gasteiger partial charge < -0.3 is 15.0 Å². The number of nitrogens with zero attached hydrogens (tertiary/aromatic N) is 2. The molecule has 0 bridgehead atoms. The summed E-state index contributed by atoms with van der Waals surface area (Å²) in [6.07, 6.45) is -0.258. The minimum absolute atomic E-state index is 0.0157. The number of fused-ring (bicyclic) bond motifs is 1. The van der Waals surface area contributed by atoms with Crippen molar-refractivity contribution in [3.63, 3.8) is 0 Å². The largest absolute Gasteiger partial charge is 0.447 e. The number of carbonyl (C=O) groups excluding carboxylic acids is 2. The second kappa shape index (κ2) is 4.09. The third-order valence-electron chi connectivity index (χ3n) is 2.89. The highest BCUT2D eigenvalue weighted by molar-refractivity contribution is 5.76. The van der Waals surface area contributed by atoms with E-state index in [4.69, 9.17) is 4.74 Å². The lowest BCUT2D eigenvalue weighted by atomic mass is 10.1. The van der Waals surface area contributed by atoms with Gasteiger partial charge in [-0.2, -0.15) is 0 Å². The van der Waals surface area contributed by atoms with Crippen molar-refractivity contribution in [1.82, 2.24) is 15.1 Å². The molecule has 3 amide bonds. The molecule has 0 saturated carbocycles. The smallest absolute Gasteiger partial charge is 0.410 e. The van der Waals surface area contributed by atoms with Crippen LogP contribution in [0.5, 0.6) is 0 Å². The van der Waals surface area contributed by atoms with Crippen LogP contribution in [-0.2, 0) is 4.74 Å². The Morgan fingerprint density at radius 3 is 2.76 bits per heavy atom. The maximum atomic E-state index is 12.0. The van der Waals surface area contributed by atoms with Crippen LogP contribution in [0.4, 0.5) is 9.59 Å². The van der Waals surface area contributed by atoms with E-state index in [9.17, 15) is 9.59 Å². The third-order valence-corrected chi connectivity index (χ3v) is 2.89. The number of urea groups is 1. The van der Waals surface area contributed by atoms with E-state index in [0.717, 1.165) is 0 Å². The number of carbonyl (C=O) groups is 2. The Hall–Kier alpha value is -1.46. The summed E-state index contributed by atoms with van der Waals surface area (Å²) in [5.41, 5.74) is -0.240. The van der Waals surface area contributed by atoms with Gasteiger partial charge in [0.25, 0.3) is 0 Å². The molecule has 2 saturated heterocycles. The first-order valence-corrected chi connectivity index (χ1v) is 5.87. The summed E-state index contributed by atoms with van der Waals surface area (Å²) in [6.45, 7) is 7.90. The molecule has 6 nitrogen and oxygen atoms in total. The quantitative estimate of drug-likeness (QED) is 0.676. The molecular weight excluding hydrogens is 222 g/mol. The average molecular weight is 241 g/mol. The Labute approximate surface area is 101 Å². The predicted octanol–water partition coefficient (Wildman–Crippen LogP) is 0.631. The van der Waals surface area contributed by atoms with Crippen LogP contribution in [-0.4, -0.2) is 59.7 Å². The highest BCUT2D eigenvalue weighted by Gasteiger charge is 2.39. The van der Waals surface area contributed by atoms with Gasteiger partial charge in [-0.15, -0.1) is 0 Å². The number of rotatable bonds is 0. The summed E-state index contributed by atoms with van der Waals surface area (Å²) in [7, 11) is 0. The molecule has 17 heavy (non-hydrogen) atoms. The van der Waals surface area contributed by atoms with E-state index >= 15 is 0 Å². The Bertz CT molecular complexity index is 337. The van der Waals surface area contributed by atoms with Gasteiger partial charge in [-0.3, -0.25) is 4.90 Å². The Balaban J connectivity index is 1.93. The molecule has 2 fully saturated rings. The second-order valence-electron chi connectivity index (χ2n) is 5.55. The van der Waals surface area contributed by atoms with Crippen molar-refractivity contribution in [3.8, 4) is 0 Å². The first-order valence-electron chi connectivity index (χ1n) is 5.87. The zero-order chi connectivity index (χ0) is 12.6. The van der Waals surface area contributed by atoms with Crippen molar-refractivity contribution >= 4 is 12.1 Å². The fraction of sp³-hybridized carbons (Fsp3) is 0.818. The molecule has 1 atom stereocenters. The number of hydrogen-bond donors (Lipinski definition) is 1. The summed E-state index contributed by atoms with van der Waals surface area (Å²) in [6, 6.07) is -0.0570. The molecule has 0 radical (unpaired) electrons. The van der Waals surface area contributed by atoms with Crippen LogP contribution >= 0.6 is 0 Å². The van der Waals surface area contributed by atoms with Crippen LogP contribution in [0.1, 0.15) is 20.8 Å². The Morgan fingerprint density at radius 1 is 1.41 bits per heavy atom. The molecule has 1 N–H and O–H groups in total. The highest BCUT2D eigenvalue weighted by atomic mass is 16.6. The first kappa shape index (κ1) is 12.0. The topological polar surface area (TPSA) is 61.9 Å². The van der Waals surface area contributed by atoms with Gasteiger partial charge in [0.2, 0.25) is 0 Å². The van der Waals surface area contributed by atoms with E-state index < -0.39 is 0 Å². The van der Waals surface area contributed by atoms with Gasteiger partial charge in [0, 0.05) is 25.2 Å². The highest BCUT2D eigenvalue weighted by Crippen LogP contribution is 2.18. The zero-order valence-corrected chi connectivity index (χ0v) is 10.5. The molecule has 0 spiro atoms. The summed E-state index contributed by atoms with van der Waals surface area (Å²) >= 11 is 0. The number of hydrogen-bond acceptors (Lipinski definition) is 3. The molecule has 6 heteroatoms. The van der Waals surface area contributed by atoms with Crippen molar-refractivity contribution in [1.29, 1.82) is 0 Å². The molecule has 96 valence electrons. The maximum Gasteiger partial charge on any atom is 0.410 e. The molecule has 2 rings (SSSR count). The molecule has 2 heterocycles. The lowest BCUT2D eigenvalue weighted by Crippen LogP contribution is -2.58. The van der Waals surface area contributed by atoms with Crippen molar-refractivity contribution in [2.45, 2.75) is 32.4 Å². The fourth-order valence-corrected chi connectivity index (χ4v) is 2.07. The van der Waals surface area contributed by atoms with Gasteiger partial charge in [-0.05, 0) is 20.8 Å². The van der Waals surface area contributed by atoms with Gasteiger partial charge in [0.1, 0.15) is 6.61 Å². The van der Waals surface area contributed by atoms with E-state index in [0.29, 0.717) is 26.2 Å². The number of ether oxygens (including phenoxy) is 1. The second-order valence-corrected chi connectivity index (χ2v) is 5.55. The van der Waals surface area contributed by atoms with Crippen molar-refractivity contribution in [2.24, 2.45) is 0 Å². The minimum atomic E-state index is -0.258. The first-order chi connectivity index (χ1) is 7.87. The normalized spacial score (nSPS) is 24.4. The van der Waals surface area contributed by atoms with Crippen molar-refractivity contribution in [3.05, 3.63) is 0 Å². The summed E-state index contributed by atoms with van der Waals surface area (Å²) in [5, 5.41) is 2.92. The SMILES string of the molecule is CC(C)(C)NC(=O)N1CCN2C(=O)OC[C@H]2C1. The molecule has 0 aromatic rings. The summed E-state index contributed by atoms with van der Waals surface area (Å²) < 4.78 is 4.96. The van der Waals surface area contributed by atoms with Crippen LogP contribution < -0.4 is 5.32 Å². The van der Waals surface area contributed by atoms with Gasteiger partial charge in [-0.1, -0.05) is 0 Å². The van der Waals surface area contributed by atoms with E-state index in [2.05, 4.69) is 5.32 Å². The summed E-state index contributed by atoms with van der Waals surface area (Å²) in [5.74, 6) is 0. The van der Waals surface area contributed by atoms with E-state index in [-0.39, 0.29) is 23.7 Å². The van der Waals surface area contributed by atoms with E-state index in [1.807, 2.05) is 20.8 Å². The van der Waals surface area contributed by atoms with Crippen molar-refractivity contribution in [2.75, 3.05) is 26.2 Å². The van der Waals surface area contributed by atoms with Gasteiger partial charge in [0.15, 0.2) is 0 Å². The third kappa shape index (κ3) is 2.62. The number of piperazine rings is 1. The van der Waals surface area contributed by atoms with Gasteiger partial charge in [-0.25, -0.2) is 9.59 Å². The van der Waals surface area contributed by atoms with Crippen LogP contribution in [0.2, 0.25) is 0 Å². The number of nitrogens with one attached hydrogen (secondary N) is 1. The molecule has 2 aliphatic heterocycles. The fourth-order valence-electron chi connectivity index (χ4n) is 2.07. The zero-order valence-electron chi connectivity index (χ0n) is 10.5. The lowest BCUT2D eigenvalue weighted by Gasteiger charge is -2.36. The van der Waals surface area contributed by atoms with E-state index in [1.54, 1.807) is 9.80 Å². The molecule has 0 aromatic heterocycles. The summed E-state index contributed by atoms with van der Waals surface area (Å²) in [4.78, 5) is 26.7. The maximum absolute atomic E-state index is 12.0.